The number of carbonyl (C=O) groups is 1. The maximum Gasteiger partial charge on any atom is 0.272 e. The molecule has 10 heteroatoms. The van der Waals surface area contributed by atoms with Gasteiger partial charge in [-0.2, -0.15) is 5.10 Å². The van der Waals surface area contributed by atoms with Crippen LogP contribution in [0.15, 0.2) is 73.6 Å². The molecule has 0 saturated heterocycles. The zero-order chi connectivity index (χ0) is 23.8. The summed E-state index contributed by atoms with van der Waals surface area (Å²) in [6.07, 6.45) is 8.07. The van der Waals surface area contributed by atoms with Crippen LogP contribution in [0.1, 0.15) is 16.1 Å². The Labute approximate surface area is 198 Å². The van der Waals surface area contributed by atoms with E-state index in [2.05, 4.69) is 40.8 Å². The first kappa shape index (κ1) is 20.5. The van der Waals surface area contributed by atoms with E-state index in [1.54, 1.807) is 30.9 Å². The molecule has 170 valence electrons. The van der Waals surface area contributed by atoms with Crippen LogP contribution in [0.2, 0.25) is 0 Å². The van der Waals surface area contributed by atoms with Gasteiger partial charge in [-0.1, -0.05) is 12.1 Å². The van der Waals surface area contributed by atoms with E-state index in [0.29, 0.717) is 17.2 Å². The van der Waals surface area contributed by atoms with Crippen LogP contribution in [0.5, 0.6) is 0 Å². The first-order valence-corrected chi connectivity index (χ1v) is 10.9. The van der Waals surface area contributed by atoms with Gasteiger partial charge in [-0.25, -0.2) is 19.9 Å². The molecule has 35 heavy (non-hydrogen) atoms. The molecule has 0 saturated carbocycles. The number of aryl methyl sites for hydroxylation is 1. The van der Waals surface area contributed by atoms with Crippen molar-refractivity contribution in [1.82, 2.24) is 35.1 Å². The molecular formula is C25H19N9O. The minimum atomic E-state index is -0.273. The third kappa shape index (κ3) is 4.04. The monoisotopic (exact) mass is 461 g/mol. The summed E-state index contributed by atoms with van der Waals surface area (Å²) in [4.78, 5) is 32.9. The van der Waals surface area contributed by atoms with Crippen LogP contribution < -0.4 is 10.6 Å². The molecule has 4 N–H and O–H groups in total. The van der Waals surface area contributed by atoms with Crippen LogP contribution in [0.3, 0.4) is 0 Å². The number of aromatic amines is 2. The van der Waals surface area contributed by atoms with Crippen LogP contribution in [-0.4, -0.2) is 41.0 Å². The molecule has 0 aliphatic carbocycles. The summed E-state index contributed by atoms with van der Waals surface area (Å²) >= 11 is 0. The van der Waals surface area contributed by atoms with E-state index in [0.717, 1.165) is 44.4 Å². The number of fused-ring (bicyclic) bond motifs is 2. The Morgan fingerprint density at radius 1 is 0.886 bits per heavy atom. The Bertz CT molecular complexity index is 1690. The van der Waals surface area contributed by atoms with Crippen molar-refractivity contribution < 1.29 is 4.79 Å². The number of H-pyrrole nitrogens is 2. The highest BCUT2D eigenvalue weighted by molar-refractivity contribution is 6.06. The van der Waals surface area contributed by atoms with Gasteiger partial charge in [0.2, 0.25) is 0 Å². The van der Waals surface area contributed by atoms with Crippen LogP contribution in [0.25, 0.3) is 33.2 Å². The standard InChI is InChI=1S/C25H19N9O/c1-14-9-28-24(33-23(14)30-18-4-5-20-17(6-18)10-29-34-20)16-3-2-15-7-22(32-21(15)8-16)25(35)31-19-11-26-13-27-12-19/h2-13,32H,1H3,(H,29,34)(H,31,35)(H,28,30,33). The van der Waals surface area contributed by atoms with Gasteiger partial charge in [-0.3, -0.25) is 9.89 Å². The van der Waals surface area contributed by atoms with Gasteiger partial charge in [0.15, 0.2) is 5.82 Å². The summed E-state index contributed by atoms with van der Waals surface area (Å²) in [5.41, 5.74) is 5.40. The van der Waals surface area contributed by atoms with E-state index in [-0.39, 0.29) is 5.91 Å². The number of benzene rings is 2. The third-order valence-corrected chi connectivity index (χ3v) is 5.62. The zero-order valence-electron chi connectivity index (χ0n) is 18.6. The average molecular weight is 461 g/mol. The highest BCUT2D eigenvalue weighted by atomic mass is 16.1. The second kappa shape index (κ2) is 8.34. The van der Waals surface area contributed by atoms with E-state index in [9.17, 15) is 4.79 Å². The maximum atomic E-state index is 12.6. The van der Waals surface area contributed by atoms with Crippen LogP contribution in [0.4, 0.5) is 17.2 Å². The van der Waals surface area contributed by atoms with Crippen molar-refractivity contribution >= 4 is 44.9 Å². The van der Waals surface area contributed by atoms with Crippen molar-refractivity contribution in [2.24, 2.45) is 0 Å². The molecule has 0 radical (unpaired) electrons. The number of anilines is 3. The molecular weight excluding hydrogens is 442 g/mol. The molecule has 4 aromatic heterocycles. The number of hydrogen-bond acceptors (Lipinski definition) is 7. The SMILES string of the molecule is Cc1cnc(-c2ccc3cc(C(=O)Nc4cncnc4)[nH]c3c2)nc1Nc1ccc2[nH]ncc2c1. The molecule has 4 heterocycles. The Hall–Kier alpha value is -5.12. The molecule has 10 nitrogen and oxygen atoms in total. The predicted molar refractivity (Wildman–Crippen MR) is 133 cm³/mol. The molecule has 0 aliphatic rings. The number of nitrogens with one attached hydrogen (secondary N) is 4. The normalized spacial score (nSPS) is 11.1. The predicted octanol–water partition coefficient (Wildman–Crippen LogP) is 4.60. The Morgan fingerprint density at radius 2 is 1.77 bits per heavy atom. The fraction of sp³-hybridized carbons (Fsp3) is 0.0400. The summed E-state index contributed by atoms with van der Waals surface area (Å²) in [5.74, 6) is 1.02. The summed E-state index contributed by atoms with van der Waals surface area (Å²) in [6.45, 7) is 1.96. The highest BCUT2D eigenvalue weighted by Crippen LogP contribution is 2.26. The van der Waals surface area contributed by atoms with Gasteiger partial charge in [0.1, 0.15) is 17.8 Å². The lowest BCUT2D eigenvalue weighted by Crippen LogP contribution is -2.12. The minimum Gasteiger partial charge on any atom is -0.350 e. The zero-order valence-corrected chi connectivity index (χ0v) is 18.6. The first-order valence-electron chi connectivity index (χ1n) is 10.9. The second-order valence-electron chi connectivity index (χ2n) is 8.09. The number of hydrogen-bond donors (Lipinski definition) is 4. The van der Waals surface area contributed by atoms with E-state index in [1.807, 2.05) is 43.3 Å². The molecule has 0 unspecified atom stereocenters. The molecule has 0 spiro atoms. The van der Waals surface area contributed by atoms with E-state index < -0.39 is 0 Å². The minimum absolute atomic E-state index is 0.273. The fourth-order valence-electron chi connectivity index (χ4n) is 3.82. The Kier molecular flexibility index (Phi) is 4.88. The van der Waals surface area contributed by atoms with Crippen LogP contribution >= 0.6 is 0 Å². The van der Waals surface area contributed by atoms with Gasteiger partial charge >= 0.3 is 0 Å². The number of aromatic nitrogens is 7. The third-order valence-electron chi connectivity index (χ3n) is 5.62. The van der Waals surface area contributed by atoms with Gasteiger partial charge in [-0.05, 0) is 37.3 Å². The lowest BCUT2D eigenvalue weighted by atomic mass is 10.1. The van der Waals surface area contributed by atoms with E-state index >= 15 is 0 Å². The molecule has 6 aromatic rings. The van der Waals surface area contributed by atoms with Crippen molar-refractivity contribution in [2.75, 3.05) is 10.6 Å². The number of carbonyl (C=O) groups excluding carboxylic acids is 1. The van der Waals surface area contributed by atoms with Crippen molar-refractivity contribution in [3.63, 3.8) is 0 Å². The molecule has 6 rings (SSSR count). The van der Waals surface area contributed by atoms with Crippen molar-refractivity contribution in [2.45, 2.75) is 6.92 Å². The molecule has 2 aromatic carbocycles. The summed E-state index contributed by atoms with van der Waals surface area (Å²) in [5, 5.41) is 15.1. The van der Waals surface area contributed by atoms with E-state index in [4.69, 9.17) is 4.98 Å². The van der Waals surface area contributed by atoms with Crippen LogP contribution in [0, 0.1) is 6.92 Å². The summed E-state index contributed by atoms with van der Waals surface area (Å²) in [7, 11) is 0. The topological polar surface area (TPSA) is 137 Å². The Balaban J connectivity index is 1.28. The summed E-state index contributed by atoms with van der Waals surface area (Å²) in [6, 6.07) is 13.6. The van der Waals surface area contributed by atoms with Crippen molar-refractivity contribution in [3.8, 4) is 11.4 Å². The van der Waals surface area contributed by atoms with Crippen molar-refractivity contribution in [3.05, 3.63) is 84.8 Å². The number of nitrogens with zero attached hydrogens (tertiary/aromatic N) is 5. The fourth-order valence-corrected chi connectivity index (χ4v) is 3.82. The quantitative estimate of drug-likeness (QED) is 0.294. The summed E-state index contributed by atoms with van der Waals surface area (Å²) < 4.78 is 0. The maximum absolute atomic E-state index is 12.6. The van der Waals surface area contributed by atoms with Crippen LogP contribution in [-0.2, 0) is 0 Å². The van der Waals surface area contributed by atoms with E-state index in [1.165, 1.54) is 6.33 Å². The largest absolute Gasteiger partial charge is 0.350 e. The molecule has 1 amide bonds. The molecule has 0 atom stereocenters. The molecule has 0 bridgehead atoms. The average Bonchev–Trinajstić information content (AvgIpc) is 3.52. The lowest BCUT2D eigenvalue weighted by molar-refractivity contribution is 0.102. The van der Waals surface area contributed by atoms with Gasteiger partial charge in [0.25, 0.3) is 5.91 Å². The number of rotatable bonds is 5. The van der Waals surface area contributed by atoms with Crippen molar-refractivity contribution in [1.29, 1.82) is 0 Å². The molecule has 0 fully saturated rings. The van der Waals surface area contributed by atoms with Gasteiger partial charge in [0, 0.05) is 39.3 Å². The Morgan fingerprint density at radius 3 is 2.66 bits per heavy atom. The smallest absolute Gasteiger partial charge is 0.272 e. The highest BCUT2D eigenvalue weighted by Gasteiger charge is 2.13. The van der Waals surface area contributed by atoms with Gasteiger partial charge in [0.05, 0.1) is 29.8 Å². The lowest BCUT2D eigenvalue weighted by Gasteiger charge is -2.10. The van der Waals surface area contributed by atoms with Gasteiger partial charge < -0.3 is 15.6 Å². The number of amides is 1. The van der Waals surface area contributed by atoms with Gasteiger partial charge in [-0.15, -0.1) is 0 Å². The first-order chi connectivity index (χ1) is 17.1. The molecule has 0 aliphatic heterocycles. The second-order valence-corrected chi connectivity index (χ2v) is 8.09.